The predicted octanol–water partition coefficient (Wildman–Crippen LogP) is 4.27. The molecule has 7 nitrogen and oxygen atoms in total. The summed E-state index contributed by atoms with van der Waals surface area (Å²) in [6.07, 6.45) is 2.03. The maximum atomic E-state index is 12.6. The highest BCUT2D eigenvalue weighted by Crippen LogP contribution is 2.20. The molecule has 172 valence electrons. The Morgan fingerprint density at radius 1 is 1.09 bits per heavy atom. The van der Waals surface area contributed by atoms with E-state index in [0.717, 1.165) is 12.0 Å². The lowest BCUT2D eigenvalue weighted by Crippen LogP contribution is -2.25. The third-order valence-electron chi connectivity index (χ3n) is 5.40. The number of aromatic amines is 1. The molecular weight excluding hydrogens is 430 g/mol. The fourth-order valence-electron chi connectivity index (χ4n) is 3.62. The molecule has 0 aliphatic carbocycles. The molecule has 0 fully saturated rings. The Hall–Kier alpha value is -4.39. The number of rotatable bonds is 7. The Balaban J connectivity index is 1.50. The highest BCUT2D eigenvalue weighted by Gasteiger charge is 2.10. The maximum absolute atomic E-state index is 12.6. The minimum Gasteiger partial charge on any atom is -0.507 e. The first-order chi connectivity index (χ1) is 16.4. The lowest BCUT2D eigenvalue weighted by atomic mass is 10.1. The SMILES string of the molecule is COc1cccc(/C(O)=C/c2nc3ccc(C(=O)NCCc4cccc(C)c4)cc3[nH]c2=O)c1. The number of aliphatic hydroxyl groups is 1. The van der Waals surface area contributed by atoms with Gasteiger partial charge in [-0.3, -0.25) is 9.59 Å². The van der Waals surface area contributed by atoms with E-state index in [1.54, 1.807) is 42.5 Å². The molecule has 0 saturated carbocycles. The number of amides is 1. The molecule has 0 aliphatic heterocycles. The van der Waals surface area contributed by atoms with E-state index in [-0.39, 0.29) is 17.4 Å². The minimum atomic E-state index is -0.473. The molecule has 1 aromatic heterocycles. The molecule has 0 unspecified atom stereocenters. The highest BCUT2D eigenvalue weighted by atomic mass is 16.5. The van der Waals surface area contributed by atoms with Crippen LogP contribution in [0, 0.1) is 6.92 Å². The molecule has 0 atom stereocenters. The van der Waals surface area contributed by atoms with Crippen molar-refractivity contribution in [3.8, 4) is 5.75 Å². The van der Waals surface area contributed by atoms with Crippen LogP contribution >= 0.6 is 0 Å². The number of nitrogens with one attached hydrogen (secondary N) is 2. The zero-order valence-corrected chi connectivity index (χ0v) is 19.0. The normalized spacial score (nSPS) is 11.4. The largest absolute Gasteiger partial charge is 0.507 e. The molecule has 4 rings (SSSR count). The van der Waals surface area contributed by atoms with Gasteiger partial charge in [0, 0.05) is 23.7 Å². The molecule has 4 aromatic rings. The van der Waals surface area contributed by atoms with E-state index < -0.39 is 5.56 Å². The van der Waals surface area contributed by atoms with Gasteiger partial charge < -0.3 is 20.1 Å². The average molecular weight is 456 g/mol. The van der Waals surface area contributed by atoms with E-state index >= 15 is 0 Å². The molecular formula is C27H25N3O4. The van der Waals surface area contributed by atoms with Crippen molar-refractivity contribution >= 4 is 28.8 Å². The summed E-state index contributed by atoms with van der Waals surface area (Å²) in [6, 6.07) is 19.9. The van der Waals surface area contributed by atoms with Crippen molar-refractivity contribution in [3.63, 3.8) is 0 Å². The first kappa shape index (κ1) is 22.8. The topological polar surface area (TPSA) is 104 Å². The number of carbonyl (C=O) groups excluding carboxylic acids is 1. The number of ether oxygens (including phenoxy) is 1. The van der Waals surface area contributed by atoms with Crippen LogP contribution in [0.5, 0.6) is 5.75 Å². The molecule has 1 heterocycles. The Bertz CT molecular complexity index is 1440. The number of hydrogen-bond acceptors (Lipinski definition) is 5. The number of nitrogens with zero attached hydrogens (tertiary/aromatic N) is 1. The molecule has 34 heavy (non-hydrogen) atoms. The van der Waals surface area contributed by atoms with E-state index in [9.17, 15) is 14.7 Å². The fraction of sp³-hybridized carbons (Fsp3) is 0.148. The van der Waals surface area contributed by atoms with Crippen LogP contribution in [0.1, 0.15) is 32.7 Å². The minimum absolute atomic E-state index is 0.0585. The lowest BCUT2D eigenvalue weighted by molar-refractivity contribution is 0.0954. The summed E-state index contributed by atoms with van der Waals surface area (Å²) >= 11 is 0. The smallest absolute Gasteiger partial charge is 0.274 e. The number of carbonyl (C=O) groups is 1. The van der Waals surface area contributed by atoms with Crippen LogP contribution in [0.3, 0.4) is 0 Å². The van der Waals surface area contributed by atoms with Gasteiger partial charge in [0.1, 0.15) is 17.2 Å². The van der Waals surface area contributed by atoms with Crippen molar-refractivity contribution < 1.29 is 14.6 Å². The van der Waals surface area contributed by atoms with Gasteiger partial charge >= 0.3 is 0 Å². The summed E-state index contributed by atoms with van der Waals surface area (Å²) in [5.74, 6) is 0.249. The van der Waals surface area contributed by atoms with Crippen LogP contribution < -0.4 is 15.6 Å². The van der Waals surface area contributed by atoms with E-state index in [2.05, 4.69) is 21.4 Å². The first-order valence-electron chi connectivity index (χ1n) is 10.9. The van der Waals surface area contributed by atoms with Gasteiger partial charge in [-0.25, -0.2) is 4.98 Å². The molecule has 3 N–H and O–H groups in total. The van der Waals surface area contributed by atoms with Crippen molar-refractivity contribution in [1.82, 2.24) is 15.3 Å². The van der Waals surface area contributed by atoms with Gasteiger partial charge in [-0.15, -0.1) is 0 Å². The molecule has 0 saturated heterocycles. The van der Waals surface area contributed by atoms with Gasteiger partial charge in [0.2, 0.25) is 0 Å². The Labute approximate surface area is 196 Å². The predicted molar refractivity (Wildman–Crippen MR) is 133 cm³/mol. The number of aliphatic hydroxyl groups excluding tert-OH is 1. The molecule has 0 spiro atoms. The van der Waals surface area contributed by atoms with Crippen LogP contribution in [0.2, 0.25) is 0 Å². The summed E-state index contributed by atoms with van der Waals surface area (Å²) in [4.78, 5) is 32.2. The Morgan fingerprint density at radius 2 is 1.91 bits per heavy atom. The standard InChI is InChI=1S/C27H25N3O4/c1-17-5-3-6-18(13-17)11-12-28-26(32)20-9-10-22-23(15-20)30-27(33)24(29-22)16-25(31)19-7-4-8-21(14-19)34-2/h3-10,13-16,31H,11-12H2,1-2H3,(H,28,32)(H,30,33)/b25-16-. The van der Waals surface area contributed by atoms with Crippen LogP contribution in [0.4, 0.5) is 0 Å². The number of fused-ring (bicyclic) bond motifs is 1. The van der Waals surface area contributed by atoms with E-state index in [1.807, 2.05) is 25.1 Å². The quantitative estimate of drug-likeness (QED) is 0.361. The molecule has 3 aromatic carbocycles. The number of aromatic nitrogens is 2. The number of hydrogen-bond donors (Lipinski definition) is 3. The maximum Gasteiger partial charge on any atom is 0.274 e. The fourth-order valence-corrected chi connectivity index (χ4v) is 3.62. The highest BCUT2D eigenvalue weighted by molar-refractivity contribution is 5.97. The Kier molecular flexibility index (Phi) is 6.73. The summed E-state index contributed by atoms with van der Waals surface area (Å²) in [5, 5.41) is 13.4. The molecule has 0 bridgehead atoms. The summed E-state index contributed by atoms with van der Waals surface area (Å²) in [6.45, 7) is 2.54. The zero-order valence-electron chi connectivity index (χ0n) is 19.0. The van der Waals surface area contributed by atoms with Gasteiger partial charge in [-0.1, -0.05) is 42.0 Å². The van der Waals surface area contributed by atoms with Crippen molar-refractivity contribution in [1.29, 1.82) is 0 Å². The lowest BCUT2D eigenvalue weighted by Gasteiger charge is -2.07. The van der Waals surface area contributed by atoms with Crippen molar-refractivity contribution in [2.75, 3.05) is 13.7 Å². The van der Waals surface area contributed by atoms with Gasteiger partial charge in [0.05, 0.1) is 18.1 Å². The summed E-state index contributed by atoms with van der Waals surface area (Å²) < 4.78 is 5.16. The summed E-state index contributed by atoms with van der Waals surface area (Å²) in [5.41, 5.74) is 3.79. The first-order valence-corrected chi connectivity index (χ1v) is 10.9. The third kappa shape index (κ3) is 5.32. The molecule has 7 heteroatoms. The summed E-state index contributed by atoms with van der Waals surface area (Å²) in [7, 11) is 1.54. The van der Waals surface area contributed by atoms with E-state index in [1.165, 1.54) is 18.7 Å². The van der Waals surface area contributed by atoms with Crippen LogP contribution in [0.15, 0.2) is 71.5 Å². The number of benzene rings is 3. The number of H-pyrrole nitrogens is 1. The second-order valence-corrected chi connectivity index (χ2v) is 7.94. The van der Waals surface area contributed by atoms with Crippen molar-refractivity contribution in [3.05, 3.63) is 105 Å². The van der Waals surface area contributed by atoms with Crippen LogP contribution in [0.25, 0.3) is 22.9 Å². The molecule has 0 radical (unpaired) electrons. The van der Waals surface area contributed by atoms with Crippen molar-refractivity contribution in [2.24, 2.45) is 0 Å². The Morgan fingerprint density at radius 3 is 2.71 bits per heavy atom. The van der Waals surface area contributed by atoms with Crippen LogP contribution in [-0.2, 0) is 6.42 Å². The second-order valence-electron chi connectivity index (χ2n) is 7.94. The van der Waals surface area contributed by atoms with Gasteiger partial charge in [-0.05, 0) is 49.2 Å². The number of aryl methyl sites for hydroxylation is 1. The third-order valence-corrected chi connectivity index (χ3v) is 5.40. The van der Waals surface area contributed by atoms with Gasteiger partial charge in [-0.2, -0.15) is 0 Å². The molecule has 0 aliphatic rings. The second kappa shape index (κ2) is 10.0. The van der Waals surface area contributed by atoms with Gasteiger partial charge in [0.25, 0.3) is 11.5 Å². The van der Waals surface area contributed by atoms with Crippen molar-refractivity contribution in [2.45, 2.75) is 13.3 Å². The average Bonchev–Trinajstić information content (AvgIpc) is 2.84. The molecule has 1 amide bonds. The van der Waals surface area contributed by atoms with Gasteiger partial charge in [0.15, 0.2) is 0 Å². The number of methoxy groups -OCH3 is 1. The van der Waals surface area contributed by atoms with E-state index in [4.69, 9.17) is 4.74 Å². The zero-order chi connectivity index (χ0) is 24.1. The van der Waals surface area contributed by atoms with Crippen LogP contribution in [-0.4, -0.2) is 34.6 Å². The monoisotopic (exact) mass is 455 g/mol. The van der Waals surface area contributed by atoms with E-state index in [0.29, 0.717) is 34.5 Å².